The molecule has 0 spiro atoms. The summed E-state index contributed by atoms with van der Waals surface area (Å²) in [4.78, 5) is 22.0. The molecule has 0 fully saturated rings. The topological polar surface area (TPSA) is 117 Å². The van der Waals surface area contributed by atoms with Crippen molar-refractivity contribution in [2.24, 2.45) is 0 Å². The first-order valence-electron chi connectivity index (χ1n) is 4.60. The minimum absolute atomic E-state index is 0.0293. The highest BCUT2D eigenvalue weighted by atomic mass is 16.4. The predicted octanol–water partition coefficient (Wildman–Crippen LogP) is -1.77. The zero-order chi connectivity index (χ0) is 12.0. The number of carbonyl (C=O) groups excluding carboxylic acids is 1. The minimum Gasteiger partial charge on any atom is -0.480 e. The number of hydrogen-bond donors (Lipinski definition) is 3. The fourth-order valence-corrected chi connectivity index (χ4v) is 1.09. The fourth-order valence-electron chi connectivity index (χ4n) is 1.09. The van der Waals surface area contributed by atoms with Crippen molar-refractivity contribution in [1.29, 1.82) is 0 Å². The largest absolute Gasteiger partial charge is 0.480 e. The van der Waals surface area contributed by atoms with Crippen molar-refractivity contribution in [2.75, 3.05) is 6.61 Å². The maximum absolute atomic E-state index is 11.4. The van der Waals surface area contributed by atoms with Crippen LogP contribution in [0, 0.1) is 0 Å². The average molecular weight is 228 g/mol. The van der Waals surface area contributed by atoms with Crippen LogP contribution in [0.3, 0.4) is 0 Å². The lowest BCUT2D eigenvalue weighted by Crippen LogP contribution is -2.42. The Bertz CT molecular complexity index is 351. The second-order valence-electron chi connectivity index (χ2n) is 3.07. The van der Waals surface area contributed by atoms with E-state index in [1.165, 1.54) is 17.1 Å². The molecule has 88 valence electrons. The highest BCUT2D eigenvalue weighted by molar-refractivity contribution is 5.83. The van der Waals surface area contributed by atoms with Gasteiger partial charge in [-0.3, -0.25) is 4.79 Å². The lowest BCUT2D eigenvalue weighted by molar-refractivity contribution is -0.142. The van der Waals surface area contributed by atoms with Crippen LogP contribution in [-0.2, 0) is 16.1 Å². The molecule has 16 heavy (non-hydrogen) atoms. The van der Waals surface area contributed by atoms with Gasteiger partial charge in [-0.25, -0.2) is 9.48 Å². The summed E-state index contributed by atoms with van der Waals surface area (Å²) in [7, 11) is 0. The number of aliphatic hydroxyl groups excluding tert-OH is 1. The van der Waals surface area contributed by atoms with E-state index >= 15 is 0 Å². The number of nitrogens with one attached hydrogen (secondary N) is 1. The normalized spacial score (nSPS) is 12.1. The molecule has 3 N–H and O–H groups in total. The van der Waals surface area contributed by atoms with Crippen LogP contribution in [0.15, 0.2) is 12.4 Å². The summed E-state index contributed by atoms with van der Waals surface area (Å²) in [6, 6.07) is -1.08. The maximum Gasteiger partial charge on any atom is 0.326 e. The Morgan fingerprint density at radius 3 is 2.75 bits per heavy atom. The van der Waals surface area contributed by atoms with Crippen molar-refractivity contribution in [2.45, 2.75) is 19.0 Å². The predicted molar refractivity (Wildman–Crippen MR) is 51.3 cm³/mol. The average Bonchev–Trinajstić information content (AvgIpc) is 2.69. The van der Waals surface area contributed by atoms with E-state index in [2.05, 4.69) is 15.6 Å². The summed E-state index contributed by atoms with van der Waals surface area (Å²) in [6.45, 7) is -0.407. The Morgan fingerprint density at radius 1 is 1.50 bits per heavy atom. The van der Waals surface area contributed by atoms with E-state index < -0.39 is 17.9 Å². The molecule has 8 heteroatoms. The number of carboxylic acids is 1. The molecule has 8 nitrogen and oxygen atoms in total. The first kappa shape index (κ1) is 12.1. The third-order valence-corrected chi connectivity index (χ3v) is 1.83. The summed E-state index contributed by atoms with van der Waals surface area (Å²) in [5.74, 6) is -1.67. The van der Waals surface area contributed by atoms with Crippen molar-refractivity contribution in [1.82, 2.24) is 20.3 Å². The first-order valence-corrected chi connectivity index (χ1v) is 4.60. The molecule has 1 rings (SSSR count). The van der Waals surface area contributed by atoms with E-state index in [9.17, 15) is 9.59 Å². The Labute approximate surface area is 90.9 Å². The SMILES string of the molecule is O=C(Cn1ccnn1)NC(CCO)C(=O)O. The van der Waals surface area contributed by atoms with Crippen LogP contribution < -0.4 is 5.32 Å². The van der Waals surface area contributed by atoms with Crippen molar-refractivity contribution in [3.05, 3.63) is 12.4 Å². The molecule has 0 aliphatic carbocycles. The van der Waals surface area contributed by atoms with Crippen LogP contribution in [0.5, 0.6) is 0 Å². The molecule has 0 saturated carbocycles. The molecule has 1 aromatic rings. The lowest BCUT2D eigenvalue weighted by atomic mass is 10.2. The van der Waals surface area contributed by atoms with Crippen molar-refractivity contribution < 1.29 is 19.8 Å². The third kappa shape index (κ3) is 3.65. The van der Waals surface area contributed by atoms with Gasteiger partial charge in [0, 0.05) is 19.2 Å². The van der Waals surface area contributed by atoms with Crippen LogP contribution in [-0.4, -0.2) is 49.7 Å². The molecule has 0 radical (unpaired) electrons. The number of amides is 1. The lowest BCUT2D eigenvalue weighted by Gasteiger charge is -2.12. The van der Waals surface area contributed by atoms with E-state index in [1.54, 1.807) is 0 Å². The fraction of sp³-hybridized carbons (Fsp3) is 0.500. The van der Waals surface area contributed by atoms with Gasteiger partial charge >= 0.3 is 5.97 Å². The number of hydrogen-bond acceptors (Lipinski definition) is 5. The Balaban J connectivity index is 2.45. The second kappa shape index (κ2) is 5.81. The van der Waals surface area contributed by atoms with Crippen LogP contribution in [0.25, 0.3) is 0 Å². The monoisotopic (exact) mass is 228 g/mol. The molecule has 1 amide bonds. The molecule has 1 unspecified atom stereocenters. The van der Waals surface area contributed by atoms with Gasteiger partial charge in [-0.2, -0.15) is 0 Å². The highest BCUT2D eigenvalue weighted by Gasteiger charge is 2.19. The maximum atomic E-state index is 11.4. The number of aromatic nitrogens is 3. The van der Waals surface area contributed by atoms with Gasteiger partial charge in [0.2, 0.25) is 5.91 Å². The molecular formula is C8H12N4O4. The van der Waals surface area contributed by atoms with Gasteiger partial charge in [0.1, 0.15) is 12.6 Å². The summed E-state index contributed by atoms with van der Waals surface area (Å²) in [6.07, 6.45) is 2.87. The van der Waals surface area contributed by atoms with Gasteiger partial charge in [0.05, 0.1) is 6.20 Å². The first-order chi connectivity index (χ1) is 7.63. The second-order valence-corrected chi connectivity index (χ2v) is 3.07. The molecule has 0 aliphatic heterocycles. The number of carbonyl (C=O) groups is 2. The van der Waals surface area contributed by atoms with Gasteiger partial charge in [-0.05, 0) is 0 Å². The smallest absolute Gasteiger partial charge is 0.326 e. The van der Waals surface area contributed by atoms with Gasteiger partial charge in [0.25, 0.3) is 0 Å². The van der Waals surface area contributed by atoms with Crippen molar-refractivity contribution >= 4 is 11.9 Å². The molecule has 0 aliphatic rings. The summed E-state index contributed by atoms with van der Waals surface area (Å²) in [5, 5.41) is 26.7. The Hall–Kier alpha value is -1.96. The number of rotatable bonds is 6. The van der Waals surface area contributed by atoms with Gasteiger partial charge in [-0.15, -0.1) is 5.10 Å². The van der Waals surface area contributed by atoms with Crippen LogP contribution in [0.2, 0.25) is 0 Å². The highest BCUT2D eigenvalue weighted by Crippen LogP contribution is 1.92. The van der Waals surface area contributed by atoms with E-state index in [1.807, 2.05) is 0 Å². The zero-order valence-corrected chi connectivity index (χ0v) is 8.41. The zero-order valence-electron chi connectivity index (χ0n) is 8.41. The summed E-state index contributed by atoms with van der Waals surface area (Å²) in [5.41, 5.74) is 0. The van der Waals surface area contributed by atoms with E-state index in [0.717, 1.165) is 0 Å². The number of carboxylic acid groups (broad SMARTS) is 1. The molecule has 0 bridgehead atoms. The number of aliphatic carboxylic acids is 1. The number of aliphatic hydroxyl groups is 1. The molecule has 0 aromatic carbocycles. The van der Waals surface area contributed by atoms with Crippen molar-refractivity contribution in [3.63, 3.8) is 0 Å². The molecule has 1 atom stereocenters. The van der Waals surface area contributed by atoms with Gasteiger partial charge in [-0.1, -0.05) is 5.21 Å². The standard InChI is InChI=1S/C8H12N4O4/c13-4-1-6(8(15)16)10-7(14)5-12-3-2-9-11-12/h2-3,6,13H,1,4-5H2,(H,10,14)(H,15,16). The van der Waals surface area contributed by atoms with Crippen LogP contribution in [0.4, 0.5) is 0 Å². The van der Waals surface area contributed by atoms with Gasteiger partial charge in [0.15, 0.2) is 0 Å². The third-order valence-electron chi connectivity index (χ3n) is 1.83. The van der Waals surface area contributed by atoms with Crippen molar-refractivity contribution in [3.8, 4) is 0 Å². The van der Waals surface area contributed by atoms with E-state index in [4.69, 9.17) is 10.2 Å². The molecule has 1 heterocycles. The summed E-state index contributed by atoms with van der Waals surface area (Å²) < 4.78 is 1.27. The quantitative estimate of drug-likeness (QED) is 0.530. The Kier molecular flexibility index (Phi) is 4.40. The molecule has 0 saturated heterocycles. The minimum atomic E-state index is -1.18. The van der Waals surface area contributed by atoms with E-state index in [-0.39, 0.29) is 19.6 Å². The Morgan fingerprint density at radius 2 is 2.25 bits per heavy atom. The van der Waals surface area contributed by atoms with E-state index in [0.29, 0.717) is 0 Å². The summed E-state index contributed by atoms with van der Waals surface area (Å²) >= 11 is 0. The van der Waals surface area contributed by atoms with Gasteiger partial charge < -0.3 is 15.5 Å². The molecular weight excluding hydrogens is 216 g/mol. The molecule has 1 aromatic heterocycles. The number of nitrogens with zero attached hydrogens (tertiary/aromatic N) is 3. The van der Waals surface area contributed by atoms with Crippen LogP contribution in [0.1, 0.15) is 6.42 Å². The van der Waals surface area contributed by atoms with Crippen LogP contribution >= 0.6 is 0 Å².